The molecule has 0 aromatic heterocycles. The number of carbonyl (C=O) groups excluding carboxylic acids is 1. The van der Waals surface area contributed by atoms with Gasteiger partial charge in [-0.2, -0.15) is 0 Å². The Morgan fingerprint density at radius 2 is 1.71 bits per heavy atom. The Labute approximate surface area is 171 Å². The highest BCUT2D eigenvalue weighted by molar-refractivity contribution is 6.30. The molecule has 5 nitrogen and oxygen atoms in total. The minimum atomic E-state index is -0.277. The Bertz CT molecular complexity index is 774. The fourth-order valence-electron chi connectivity index (χ4n) is 2.99. The van der Waals surface area contributed by atoms with E-state index in [-0.39, 0.29) is 12.7 Å². The lowest BCUT2D eigenvalue weighted by molar-refractivity contribution is 0.109. The molecule has 28 heavy (non-hydrogen) atoms. The number of carbonyl (C=O) groups is 1. The first-order chi connectivity index (χ1) is 13.7. The molecule has 0 spiro atoms. The van der Waals surface area contributed by atoms with E-state index in [4.69, 9.17) is 21.1 Å². The van der Waals surface area contributed by atoms with Crippen LogP contribution in [0.1, 0.15) is 5.56 Å². The molecule has 1 saturated heterocycles. The molecule has 0 aliphatic carbocycles. The SMILES string of the molecule is O=C(OCC=CCOCc1ccccc1)N1CCN(c2cccc(Cl)c2)CC1. The van der Waals surface area contributed by atoms with Crippen LogP contribution in [0.2, 0.25) is 5.02 Å². The molecule has 0 N–H and O–H groups in total. The fraction of sp³-hybridized carbons (Fsp3) is 0.318. The Morgan fingerprint density at radius 3 is 2.46 bits per heavy atom. The minimum Gasteiger partial charge on any atom is -0.445 e. The number of amides is 1. The van der Waals surface area contributed by atoms with Crippen molar-refractivity contribution in [2.75, 3.05) is 44.3 Å². The van der Waals surface area contributed by atoms with E-state index in [1.54, 1.807) is 4.90 Å². The summed E-state index contributed by atoms with van der Waals surface area (Å²) >= 11 is 6.05. The lowest BCUT2D eigenvalue weighted by Crippen LogP contribution is -2.49. The number of hydrogen-bond acceptors (Lipinski definition) is 4. The van der Waals surface area contributed by atoms with Crippen molar-refractivity contribution >= 4 is 23.4 Å². The summed E-state index contributed by atoms with van der Waals surface area (Å²) in [6.07, 6.45) is 3.40. The van der Waals surface area contributed by atoms with E-state index >= 15 is 0 Å². The molecular weight excluding hydrogens is 376 g/mol. The molecule has 0 atom stereocenters. The molecule has 0 unspecified atom stereocenters. The third kappa shape index (κ3) is 6.29. The predicted octanol–water partition coefficient (Wildman–Crippen LogP) is 4.37. The molecule has 6 heteroatoms. The van der Waals surface area contributed by atoms with Gasteiger partial charge in [0.05, 0.1) is 13.2 Å². The second kappa shape index (κ2) is 10.7. The largest absolute Gasteiger partial charge is 0.445 e. The smallest absolute Gasteiger partial charge is 0.410 e. The summed E-state index contributed by atoms with van der Waals surface area (Å²) in [5, 5.41) is 0.721. The number of hydrogen-bond donors (Lipinski definition) is 0. The first kappa shape index (κ1) is 20.2. The number of rotatable bonds is 7. The maximum absolute atomic E-state index is 12.2. The lowest BCUT2D eigenvalue weighted by atomic mass is 10.2. The summed E-state index contributed by atoms with van der Waals surface area (Å²) in [6.45, 7) is 4.11. The highest BCUT2D eigenvalue weighted by Crippen LogP contribution is 2.20. The highest BCUT2D eigenvalue weighted by Gasteiger charge is 2.22. The van der Waals surface area contributed by atoms with Crippen molar-refractivity contribution in [1.82, 2.24) is 4.90 Å². The molecule has 1 fully saturated rings. The number of benzene rings is 2. The molecule has 3 rings (SSSR count). The van der Waals surface area contributed by atoms with Gasteiger partial charge < -0.3 is 19.3 Å². The van der Waals surface area contributed by atoms with Crippen LogP contribution in [0, 0.1) is 0 Å². The van der Waals surface area contributed by atoms with Gasteiger partial charge in [-0.15, -0.1) is 0 Å². The summed E-state index contributed by atoms with van der Waals surface area (Å²) in [7, 11) is 0. The molecule has 2 aromatic carbocycles. The van der Waals surface area contributed by atoms with Crippen molar-refractivity contribution in [3.8, 4) is 0 Å². The number of piperazine rings is 1. The van der Waals surface area contributed by atoms with Crippen molar-refractivity contribution < 1.29 is 14.3 Å². The van der Waals surface area contributed by atoms with Gasteiger partial charge >= 0.3 is 6.09 Å². The van der Waals surface area contributed by atoms with Crippen molar-refractivity contribution in [3.63, 3.8) is 0 Å². The summed E-state index contributed by atoms with van der Waals surface area (Å²) in [5.74, 6) is 0. The van der Waals surface area contributed by atoms with Gasteiger partial charge in [0.25, 0.3) is 0 Å². The summed E-state index contributed by atoms with van der Waals surface area (Å²) in [4.78, 5) is 16.1. The van der Waals surface area contributed by atoms with Gasteiger partial charge in [0.2, 0.25) is 0 Å². The van der Waals surface area contributed by atoms with Crippen molar-refractivity contribution in [1.29, 1.82) is 0 Å². The van der Waals surface area contributed by atoms with E-state index < -0.39 is 0 Å². The number of halogens is 1. The predicted molar refractivity (Wildman–Crippen MR) is 112 cm³/mol. The van der Waals surface area contributed by atoms with Gasteiger partial charge in [0, 0.05) is 36.9 Å². The minimum absolute atomic E-state index is 0.252. The summed E-state index contributed by atoms with van der Waals surface area (Å²) in [5.41, 5.74) is 2.22. The molecular formula is C22H25ClN2O3. The third-order valence-corrected chi connectivity index (χ3v) is 4.74. The van der Waals surface area contributed by atoms with E-state index in [2.05, 4.69) is 4.90 Å². The number of ether oxygens (including phenoxy) is 2. The topological polar surface area (TPSA) is 42.0 Å². The Hall–Kier alpha value is -2.50. The molecule has 0 saturated carbocycles. The van der Waals surface area contributed by atoms with Crippen LogP contribution < -0.4 is 4.90 Å². The molecule has 1 amide bonds. The second-order valence-electron chi connectivity index (χ2n) is 6.50. The lowest BCUT2D eigenvalue weighted by Gasteiger charge is -2.35. The van der Waals surface area contributed by atoms with Gasteiger partial charge in [0.1, 0.15) is 6.61 Å². The number of anilines is 1. The van der Waals surface area contributed by atoms with E-state index in [1.165, 1.54) is 0 Å². The van der Waals surface area contributed by atoms with Crippen molar-refractivity contribution in [3.05, 3.63) is 77.3 Å². The fourth-order valence-corrected chi connectivity index (χ4v) is 3.17. The highest BCUT2D eigenvalue weighted by atomic mass is 35.5. The molecule has 0 bridgehead atoms. The van der Waals surface area contributed by atoms with Gasteiger partial charge in [-0.3, -0.25) is 0 Å². The first-order valence-corrected chi connectivity index (χ1v) is 9.79. The van der Waals surface area contributed by atoms with Gasteiger partial charge in [-0.25, -0.2) is 4.79 Å². The third-order valence-electron chi connectivity index (χ3n) is 4.51. The second-order valence-corrected chi connectivity index (χ2v) is 6.94. The zero-order chi connectivity index (χ0) is 19.6. The van der Waals surface area contributed by atoms with Crippen molar-refractivity contribution in [2.24, 2.45) is 0 Å². The van der Waals surface area contributed by atoms with Crippen LogP contribution in [0.15, 0.2) is 66.7 Å². The Morgan fingerprint density at radius 1 is 0.964 bits per heavy atom. The standard InChI is InChI=1S/C22H25ClN2O3/c23-20-9-6-10-21(17-20)24-11-13-25(14-12-24)22(26)28-16-5-4-15-27-18-19-7-2-1-3-8-19/h1-10,17H,11-16,18H2. The van der Waals surface area contributed by atoms with Crippen LogP contribution in [-0.2, 0) is 16.1 Å². The summed E-state index contributed by atoms with van der Waals surface area (Å²) in [6, 6.07) is 17.8. The zero-order valence-electron chi connectivity index (χ0n) is 15.8. The zero-order valence-corrected chi connectivity index (χ0v) is 16.6. The van der Waals surface area contributed by atoms with Crippen molar-refractivity contribution in [2.45, 2.75) is 6.61 Å². The molecule has 1 aliphatic heterocycles. The quantitative estimate of drug-likeness (QED) is 0.511. The normalized spacial score (nSPS) is 14.5. The maximum Gasteiger partial charge on any atom is 0.410 e. The average Bonchev–Trinajstić information content (AvgIpc) is 2.74. The van der Waals surface area contributed by atoms with Crippen LogP contribution >= 0.6 is 11.6 Å². The monoisotopic (exact) mass is 400 g/mol. The van der Waals surface area contributed by atoms with Gasteiger partial charge in [-0.05, 0) is 29.8 Å². The van der Waals surface area contributed by atoms with Crippen LogP contribution in [0.25, 0.3) is 0 Å². The molecule has 0 radical (unpaired) electrons. The van der Waals surface area contributed by atoms with Crippen LogP contribution in [0.3, 0.4) is 0 Å². The molecule has 148 valence electrons. The Kier molecular flexibility index (Phi) is 7.76. The van der Waals surface area contributed by atoms with E-state index in [9.17, 15) is 4.79 Å². The molecule has 1 heterocycles. The van der Waals surface area contributed by atoms with Crippen LogP contribution in [0.5, 0.6) is 0 Å². The van der Waals surface area contributed by atoms with E-state index in [0.29, 0.717) is 26.3 Å². The van der Waals surface area contributed by atoms with Gasteiger partial charge in [0.15, 0.2) is 0 Å². The van der Waals surface area contributed by atoms with E-state index in [1.807, 2.05) is 66.7 Å². The maximum atomic E-state index is 12.2. The van der Waals surface area contributed by atoms with Gasteiger partial charge in [-0.1, -0.05) is 54.1 Å². The summed E-state index contributed by atoms with van der Waals surface area (Å²) < 4.78 is 10.9. The van der Waals surface area contributed by atoms with E-state index in [0.717, 1.165) is 29.4 Å². The molecule has 2 aromatic rings. The van der Waals surface area contributed by atoms with Crippen LogP contribution in [-0.4, -0.2) is 50.4 Å². The number of nitrogens with zero attached hydrogens (tertiary/aromatic N) is 2. The molecule has 1 aliphatic rings. The first-order valence-electron chi connectivity index (χ1n) is 9.41. The van der Waals surface area contributed by atoms with Crippen LogP contribution in [0.4, 0.5) is 10.5 Å². The average molecular weight is 401 g/mol. The Balaban J connectivity index is 1.30.